The van der Waals surface area contributed by atoms with Gasteiger partial charge in [-0.15, -0.1) is 0 Å². The molecule has 37 heavy (non-hydrogen) atoms. The minimum atomic E-state index is -0.762. The molecule has 10 heteroatoms. The topological polar surface area (TPSA) is 80.3 Å². The van der Waals surface area contributed by atoms with Gasteiger partial charge in [0.2, 0.25) is 11.9 Å². The molecule has 1 aromatic heterocycles. The number of hydrogen-bond acceptors (Lipinski definition) is 8. The van der Waals surface area contributed by atoms with E-state index in [2.05, 4.69) is 19.8 Å². The summed E-state index contributed by atoms with van der Waals surface area (Å²) < 4.78 is 17.9. The molecule has 0 spiro atoms. The molecule has 4 heterocycles. The monoisotopic (exact) mass is 529 g/mol. The molecule has 3 saturated heterocycles. The fraction of sp³-hybridized carbons (Fsp3) is 0.593. The van der Waals surface area contributed by atoms with Gasteiger partial charge < -0.3 is 24.0 Å². The number of piperidine rings is 1. The molecule has 3 fully saturated rings. The Bertz CT molecular complexity index is 1010. The van der Waals surface area contributed by atoms with Crippen molar-refractivity contribution in [1.29, 1.82) is 0 Å². The molecule has 200 valence electrons. The van der Waals surface area contributed by atoms with Crippen molar-refractivity contribution in [3.8, 4) is 5.75 Å². The van der Waals surface area contributed by atoms with Gasteiger partial charge in [0.1, 0.15) is 18.0 Å². The fourth-order valence-electron chi connectivity index (χ4n) is 5.19. The summed E-state index contributed by atoms with van der Waals surface area (Å²) in [5.41, 5.74) is 0.289. The van der Waals surface area contributed by atoms with Crippen molar-refractivity contribution in [2.24, 2.45) is 0 Å². The predicted octanol–water partition coefficient (Wildman–Crippen LogP) is 3.02. The van der Waals surface area contributed by atoms with E-state index in [4.69, 9.17) is 25.8 Å². The molecule has 0 aliphatic carbocycles. The third kappa shape index (κ3) is 7.10. The van der Waals surface area contributed by atoms with Gasteiger partial charge in [-0.3, -0.25) is 9.69 Å². The highest BCUT2D eigenvalue weighted by Crippen LogP contribution is 2.27. The largest absolute Gasteiger partial charge is 0.491 e. The number of nitrogens with zero attached hydrogens (tertiary/aromatic N) is 5. The lowest BCUT2D eigenvalue weighted by Crippen LogP contribution is -2.57. The van der Waals surface area contributed by atoms with Crippen LogP contribution in [0.2, 0.25) is 5.02 Å². The number of anilines is 1. The molecule has 0 radical (unpaired) electrons. The molecule has 3 aliphatic rings. The van der Waals surface area contributed by atoms with Crippen LogP contribution in [0.15, 0.2) is 36.7 Å². The van der Waals surface area contributed by atoms with Crippen LogP contribution in [0.3, 0.4) is 0 Å². The molecular weight excluding hydrogens is 494 g/mol. The van der Waals surface area contributed by atoms with E-state index >= 15 is 0 Å². The zero-order valence-corrected chi connectivity index (χ0v) is 22.1. The lowest BCUT2D eigenvalue weighted by atomic mass is 9.96. The maximum absolute atomic E-state index is 13.3. The van der Waals surface area contributed by atoms with Gasteiger partial charge in [-0.1, -0.05) is 11.6 Å². The highest BCUT2D eigenvalue weighted by molar-refractivity contribution is 6.30. The fourth-order valence-corrected chi connectivity index (χ4v) is 5.32. The summed E-state index contributed by atoms with van der Waals surface area (Å²) in [5.74, 6) is 1.58. The molecule has 1 atom stereocenters. The normalized spacial score (nSPS) is 23.2. The van der Waals surface area contributed by atoms with Crippen LogP contribution in [0.4, 0.5) is 5.95 Å². The van der Waals surface area contributed by atoms with Gasteiger partial charge in [0.15, 0.2) is 0 Å². The summed E-state index contributed by atoms with van der Waals surface area (Å²) in [6.45, 7) is 7.23. The molecule has 0 bridgehead atoms. The SMILES string of the molecule is O=C(C[C@@]1(COc2ccc(Cl)cc2)CN(Cc2cnc(N3CCCCC3)nc2)CCO1)N1CCOCC1. The third-order valence-electron chi connectivity index (χ3n) is 7.22. The number of carbonyl (C=O) groups is 1. The predicted molar refractivity (Wildman–Crippen MR) is 141 cm³/mol. The Morgan fingerprint density at radius 3 is 2.43 bits per heavy atom. The van der Waals surface area contributed by atoms with Crippen LogP contribution in [0.1, 0.15) is 31.2 Å². The van der Waals surface area contributed by atoms with E-state index in [9.17, 15) is 4.79 Å². The number of hydrogen-bond donors (Lipinski definition) is 0. The molecule has 9 nitrogen and oxygen atoms in total. The highest BCUT2D eigenvalue weighted by atomic mass is 35.5. The number of ether oxygens (including phenoxy) is 3. The number of rotatable bonds is 8. The maximum atomic E-state index is 13.3. The van der Waals surface area contributed by atoms with Crippen LogP contribution in [-0.4, -0.2) is 97.0 Å². The van der Waals surface area contributed by atoms with Crippen molar-refractivity contribution >= 4 is 23.5 Å². The number of morpholine rings is 2. The number of amides is 1. The minimum Gasteiger partial charge on any atom is -0.491 e. The van der Waals surface area contributed by atoms with Crippen molar-refractivity contribution in [3.05, 3.63) is 47.2 Å². The van der Waals surface area contributed by atoms with Gasteiger partial charge in [0.05, 0.1) is 26.2 Å². The molecule has 0 unspecified atom stereocenters. The summed E-state index contributed by atoms with van der Waals surface area (Å²) in [5, 5.41) is 0.651. The van der Waals surface area contributed by atoms with E-state index in [-0.39, 0.29) is 18.9 Å². The van der Waals surface area contributed by atoms with Crippen LogP contribution in [-0.2, 0) is 20.8 Å². The second-order valence-corrected chi connectivity index (χ2v) is 10.5. The van der Waals surface area contributed by atoms with E-state index in [1.165, 1.54) is 19.3 Å². The molecule has 5 rings (SSSR count). The Hall–Kier alpha value is -2.46. The van der Waals surface area contributed by atoms with E-state index in [0.29, 0.717) is 56.8 Å². The van der Waals surface area contributed by atoms with Gasteiger partial charge >= 0.3 is 0 Å². The Kier molecular flexibility index (Phi) is 8.76. The second-order valence-electron chi connectivity index (χ2n) is 10.1. The van der Waals surface area contributed by atoms with Gasteiger partial charge in [-0.25, -0.2) is 9.97 Å². The average Bonchev–Trinajstić information content (AvgIpc) is 2.94. The zero-order valence-electron chi connectivity index (χ0n) is 21.3. The van der Waals surface area contributed by atoms with E-state index in [0.717, 1.165) is 31.1 Å². The molecular formula is C27H36ClN5O4. The Morgan fingerprint density at radius 2 is 1.70 bits per heavy atom. The van der Waals surface area contributed by atoms with E-state index in [1.54, 1.807) is 12.1 Å². The Labute approximate surface area is 223 Å². The van der Waals surface area contributed by atoms with Gasteiger partial charge in [0, 0.05) is 68.8 Å². The zero-order chi connectivity index (χ0) is 25.5. The molecule has 0 saturated carbocycles. The van der Waals surface area contributed by atoms with Crippen LogP contribution >= 0.6 is 11.6 Å². The summed E-state index contributed by atoms with van der Waals surface area (Å²) >= 11 is 6.03. The first-order valence-corrected chi connectivity index (χ1v) is 13.6. The summed E-state index contributed by atoms with van der Waals surface area (Å²) in [7, 11) is 0. The van der Waals surface area contributed by atoms with Crippen LogP contribution in [0.5, 0.6) is 5.75 Å². The first-order chi connectivity index (χ1) is 18.1. The average molecular weight is 530 g/mol. The van der Waals surface area contributed by atoms with Crippen molar-refractivity contribution in [2.45, 2.75) is 37.8 Å². The van der Waals surface area contributed by atoms with Crippen molar-refractivity contribution in [3.63, 3.8) is 0 Å². The van der Waals surface area contributed by atoms with Crippen molar-refractivity contribution < 1.29 is 19.0 Å². The standard InChI is InChI=1S/C27H36ClN5O4/c28-23-4-6-24(7-5-23)36-21-27(16-25(34)32-11-13-35-14-12-32)20-31(10-15-37-27)19-22-17-29-26(30-18-22)33-8-2-1-3-9-33/h4-7,17-18H,1-3,8-16,19-21H2/t27-/m0/s1. The van der Waals surface area contributed by atoms with Crippen molar-refractivity contribution in [2.75, 3.05) is 70.6 Å². The Morgan fingerprint density at radius 1 is 0.973 bits per heavy atom. The van der Waals surface area contributed by atoms with Gasteiger partial charge in [-0.05, 0) is 43.5 Å². The summed E-state index contributed by atoms with van der Waals surface area (Å²) in [4.78, 5) is 29.0. The first kappa shape index (κ1) is 26.2. The molecule has 1 aromatic carbocycles. The first-order valence-electron chi connectivity index (χ1n) is 13.2. The van der Waals surface area contributed by atoms with Crippen molar-refractivity contribution in [1.82, 2.24) is 19.8 Å². The number of carbonyl (C=O) groups excluding carboxylic acids is 1. The summed E-state index contributed by atoms with van der Waals surface area (Å²) in [6, 6.07) is 7.26. The number of aromatic nitrogens is 2. The second kappa shape index (κ2) is 12.4. The minimum absolute atomic E-state index is 0.0686. The molecule has 3 aliphatic heterocycles. The smallest absolute Gasteiger partial charge is 0.225 e. The molecule has 0 N–H and O–H groups in total. The van der Waals surface area contributed by atoms with E-state index < -0.39 is 5.60 Å². The van der Waals surface area contributed by atoms with Crippen LogP contribution in [0.25, 0.3) is 0 Å². The lowest BCUT2D eigenvalue weighted by Gasteiger charge is -2.43. The quantitative estimate of drug-likeness (QED) is 0.516. The van der Waals surface area contributed by atoms with Crippen LogP contribution < -0.4 is 9.64 Å². The maximum Gasteiger partial charge on any atom is 0.225 e. The van der Waals surface area contributed by atoms with E-state index in [1.807, 2.05) is 29.4 Å². The lowest BCUT2D eigenvalue weighted by molar-refractivity contribution is -0.159. The molecule has 2 aromatic rings. The van der Waals surface area contributed by atoms with Crippen LogP contribution in [0, 0.1) is 0 Å². The van der Waals surface area contributed by atoms with Gasteiger partial charge in [0.25, 0.3) is 0 Å². The third-order valence-corrected chi connectivity index (χ3v) is 7.47. The number of halogens is 1. The van der Waals surface area contributed by atoms with Gasteiger partial charge in [-0.2, -0.15) is 0 Å². The Balaban J connectivity index is 1.26. The number of benzene rings is 1. The highest BCUT2D eigenvalue weighted by Gasteiger charge is 2.41. The molecule has 1 amide bonds. The summed E-state index contributed by atoms with van der Waals surface area (Å²) in [6.07, 6.45) is 7.78.